The molecular formula is C14H16BNO5. The summed E-state index contributed by atoms with van der Waals surface area (Å²) < 4.78 is 5.07. The highest BCUT2D eigenvalue weighted by Crippen LogP contribution is 2.33. The highest BCUT2D eigenvalue weighted by atomic mass is 16.5. The van der Waals surface area contributed by atoms with Crippen molar-refractivity contribution in [2.45, 2.75) is 31.9 Å². The van der Waals surface area contributed by atoms with E-state index in [0.717, 1.165) is 18.4 Å². The molecule has 1 atom stereocenters. The lowest BCUT2D eigenvalue weighted by atomic mass is 9.79. The number of aliphatic carboxylic acids is 1. The Hall–Kier alpha value is -1.86. The molecule has 1 amide bonds. The molecule has 0 radical (unpaired) electrons. The number of hydrogen-bond donors (Lipinski definition) is 3. The van der Waals surface area contributed by atoms with Crippen molar-refractivity contribution in [2.75, 3.05) is 0 Å². The number of carboxylic acid groups (broad SMARTS) is 1. The fourth-order valence-corrected chi connectivity index (χ4v) is 2.51. The van der Waals surface area contributed by atoms with Gasteiger partial charge in [0.05, 0.1) is 6.61 Å². The Morgan fingerprint density at radius 1 is 1.43 bits per heavy atom. The van der Waals surface area contributed by atoms with E-state index in [4.69, 9.17) is 9.76 Å². The Morgan fingerprint density at radius 3 is 2.86 bits per heavy atom. The van der Waals surface area contributed by atoms with E-state index in [9.17, 15) is 14.6 Å². The van der Waals surface area contributed by atoms with Crippen LogP contribution in [0.25, 0.3) is 0 Å². The van der Waals surface area contributed by atoms with Crippen molar-refractivity contribution in [2.24, 2.45) is 5.92 Å². The smallest absolute Gasteiger partial charge is 0.480 e. The van der Waals surface area contributed by atoms with Crippen molar-refractivity contribution in [3.8, 4) is 0 Å². The van der Waals surface area contributed by atoms with Crippen LogP contribution in [0.5, 0.6) is 0 Å². The van der Waals surface area contributed by atoms with Crippen molar-refractivity contribution in [3.63, 3.8) is 0 Å². The predicted octanol–water partition coefficient (Wildman–Crippen LogP) is -0.113. The maximum absolute atomic E-state index is 12.2. The summed E-state index contributed by atoms with van der Waals surface area (Å²) in [6.45, 7) is 0.317. The monoisotopic (exact) mass is 289 g/mol. The topological polar surface area (TPSA) is 95.9 Å². The lowest BCUT2D eigenvalue weighted by molar-refractivity contribution is -0.139. The van der Waals surface area contributed by atoms with Gasteiger partial charge in [-0.1, -0.05) is 18.9 Å². The Bertz CT molecular complexity index is 587. The second-order valence-corrected chi connectivity index (χ2v) is 5.62. The molecule has 1 heterocycles. The molecule has 0 unspecified atom stereocenters. The Kier molecular flexibility index (Phi) is 3.69. The van der Waals surface area contributed by atoms with Crippen molar-refractivity contribution in [1.29, 1.82) is 0 Å². The van der Waals surface area contributed by atoms with Gasteiger partial charge in [-0.15, -0.1) is 0 Å². The molecule has 1 aliphatic heterocycles. The first-order valence-electron chi connectivity index (χ1n) is 7.01. The zero-order valence-corrected chi connectivity index (χ0v) is 11.4. The molecule has 3 rings (SSSR count). The molecule has 0 spiro atoms. The van der Waals surface area contributed by atoms with Crippen LogP contribution in [-0.4, -0.2) is 35.2 Å². The number of carbonyl (C=O) groups excluding carboxylic acids is 1. The van der Waals surface area contributed by atoms with Crippen LogP contribution in [0.2, 0.25) is 0 Å². The van der Waals surface area contributed by atoms with Crippen molar-refractivity contribution in [1.82, 2.24) is 5.32 Å². The molecule has 0 saturated heterocycles. The van der Waals surface area contributed by atoms with Crippen molar-refractivity contribution in [3.05, 3.63) is 29.3 Å². The van der Waals surface area contributed by atoms with Crippen LogP contribution >= 0.6 is 0 Å². The number of rotatable bonds is 5. The van der Waals surface area contributed by atoms with E-state index < -0.39 is 25.0 Å². The third-order valence-corrected chi connectivity index (χ3v) is 3.94. The van der Waals surface area contributed by atoms with Crippen LogP contribution in [0.15, 0.2) is 18.2 Å². The predicted molar refractivity (Wildman–Crippen MR) is 75.1 cm³/mol. The first-order valence-corrected chi connectivity index (χ1v) is 7.01. The first-order chi connectivity index (χ1) is 10.0. The minimum absolute atomic E-state index is 0.317. The van der Waals surface area contributed by atoms with Crippen LogP contribution in [0, 0.1) is 5.92 Å². The second kappa shape index (κ2) is 5.50. The maximum Gasteiger partial charge on any atom is 0.491 e. The maximum atomic E-state index is 12.2. The highest BCUT2D eigenvalue weighted by molar-refractivity contribution is 6.61. The van der Waals surface area contributed by atoms with E-state index in [1.54, 1.807) is 18.2 Å². The minimum atomic E-state index is -1.02. The van der Waals surface area contributed by atoms with Crippen molar-refractivity contribution >= 4 is 24.5 Å². The van der Waals surface area contributed by atoms with Gasteiger partial charge in [0.15, 0.2) is 0 Å². The fourth-order valence-electron chi connectivity index (χ4n) is 2.51. The number of carboxylic acids is 1. The van der Waals surface area contributed by atoms with Gasteiger partial charge in [-0.05, 0) is 35.5 Å². The summed E-state index contributed by atoms with van der Waals surface area (Å²) in [6.07, 6.45) is 2.53. The summed E-state index contributed by atoms with van der Waals surface area (Å²) in [7, 11) is -1.02. The third-order valence-electron chi connectivity index (χ3n) is 3.94. The number of benzene rings is 1. The first kappa shape index (κ1) is 14.1. The third kappa shape index (κ3) is 3.09. The molecule has 110 valence electrons. The molecule has 1 aromatic rings. The molecule has 3 N–H and O–H groups in total. The standard InChI is InChI=1S/C14H16BNO5/c17-13(16-12(14(18)19)5-8-1-2-8)9-3-4-10-7-21-15(20)11(10)6-9/h3-4,6,8,12,20H,1-2,5,7H2,(H,16,17)(H,18,19)/t12-/m0/s1. The Balaban J connectivity index is 1.72. The molecule has 1 aliphatic carbocycles. The van der Waals surface area contributed by atoms with Gasteiger partial charge in [-0.2, -0.15) is 0 Å². The molecular weight excluding hydrogens is 273 g/mol. The molecule has 1 aromatic carbocycles. The van der Waals surface area contributed by atoms with E-state index in [1.165, 1.54) is 0 Å². The van der Waals surface area contributed by atoms with E-state index in [0.29, 0.717) is 30.0 Å². The van der Waals surface area contributed by atoms with Gasteiger partial charge >= 0.3 is 13.1 Å². The quantitative estimate of drug-likeness (QED) is 0.657. The molecule has 7 heteroatoms. The van der Waals surface area contributed by atoms with Crippen LogP contribution in [0.4, 0.5) is 0 Å². The van der Waals surface area contributed by atoms with E-state index in [2.05, 4.69) is 5.32 Å². The summed E-state index contributed by atoms with van der Waals surface area (Å²) in [5.74, 6) is -1.05. The number of fused-ring (bicyclic) bond motifs is 1. The van der Waals surface area contributed by atoms with Crippen molar-refractivity contribution < 1.29 is 24.4 Å². The zero-order chi connectivity index (χ0) is 15.0. The summed E-state index contributed by atoms with van der Waals surface area (Å²) in [5.41, 5.74) is 1.74. The van der Waals surface area contributed by atoms with Gasteiger partial charge in [0.1, 0.15) is 6.04 Å². The molecule has 6 nitrogen and oxygen atoms in total. The average Bonchev–Trinajstić information content (AvgIpc) is 3.20. The van der Waals surface area contributed by atoms with Crippen LogP contribution in [0.3, 0.4) is 0 Å². The lowest BCUT2D eigenvalue weighted by Gasteiger charge is -2.14. The molecule has 1 fully saturated rings. The Labute approximate surface area is 122 Å². The summed E-state index contributed by atoms with van der Waals surface area (Å²) in [4.78, 5) is 23.4. The van der Waals surface area contributed by atoms with Gasteiger partial charge in [-0.3, -0.25) is 4.79 Å². The van der Waals surface area contributed by atoms with Gasteiger partial charge in [0.25, 0.3) is 5.91 Å². The van der Waals surface area contributed by atoms with Gasteiger partial charge in [0.2, 0.25) is 0 Å². The molecule has 2 aliphatic rings. The number of hydrogen-bond acceptors (Lipinski definition) is 4. The van der Waals surface area contributed by atoms with E-state index in [-0.39, 0.29) is 0 Å². The second-order valence-electron chi connectivity index (χ2n) is 5.62. The number of amides is 1. The van der Waals surface area contributed by atoms with Gasteiger partial charge in [0, 0.05) is 5.56 Å². The largest absolute Gasteiger partial charge is 0.491 e. The van der Waals surface area contributed by atoms with Gasteiger partial charge in [-0.25, -0.2) is 4.79 Å². The summed E-state index contributed by atoms with van der Waals surface area (Å²) in [6, 6.07) is 4.03. The molecule has 1 saturated carbocycles. The number of carbonyl (C=O) groups is 2. The van der Waals surface area contributed by atoms with Crippen LogP contribution in [0.1, 0.15) is 35.2 Å². The Morgan fingerprint density at radius 2 is 2.19 bits per heavy atom. The lowest BCUT2D eigenvalue weighted by Crippen LogP contribution is -2.41. The molecule has 0 bridgehead atoms. The minimum Gasteiger partial charge on any atom is -0.480 e. The SMILES string of the molecule is O=C(N[C@@H](CC1CC1)C(=O)O)c1ccc2c(c1)B(O)OC2. The fraction of sp³-hybridized carbons (Fsp3) is 0.429. The van der Waals surface area contributed by atoms with E-state index >= 15 is 0 Å². The normalized spacial score (nSPS) is 18.2. The van der Waals surface area contributed by atoms with Crippen LogP contribution in [-0.2, 0) is 16.1 Å². The van der Waals surface area contributed by atoms with Crippen LogP contribution < -0.4 is 10.8 Å². The molecule has 21 heavy (non-hydrogen) atoms. The molecule has 0 aromatic heterocycles. The summed E-state index contributed by atoms with van der Waals surface area (Å²) >= 11 is 0. The van der Waals surface area contributed by atoms with Gasteiger partial charge < -0.3 is 20.1 Å². The van der Waals surface area contributed by atoms with E-state index in [1.807, 2.05) is 0 Å². The highest BCUT2D eigenvalue weighted by Gasteiger charge is 2.31. The summed E-state index contributed by atoms with van der Waals surface area (Å²) in [5, 5.41) is 21.4. The zero-order valence-electron chi connectivity index (χ0n) is 11.4. The average molecular weight is 289 g/mol. The number of nitrogens with one attached hydrogen (secondary N) is 1.